The Kier molecular flexibility index (Phi) is 3.43. The monoisotopic (exact) mass is 237 g/mol. The number of rotatable bonds is 4. The molecule has 0 aliphatic carbocycles. The zero-order valence-electron chi connectivity index (χ0n) is 9.82. The minimum atomic E-state index is -0.0246. The van der Waals surface area contributed by atoms with Gasteiger partial charge in [-0.25, -0.2) is 0 Å². The maximum atomic E-state index is 11.7. The van der Waals surface area contributed by atoms with Crippen LogP contribution in [0.4, 0.5) is 5.82 Å². The molecule has 92 valence electrons. The van der Waals surface area contributed by atoms with Crippen LogP contribution < -0.4 is 20.1 Å². The molecule has 0 saturated carbocycles. The van der Waals surface area contributed by atoms with Gasteiger partial charge in [0.2, 0.25) is 5.91 Å². The number of anilines is 1. The van der Waals surface area contributed by atoms with Gasteiger partial charge in [-0.15, -0.1) is 0 Å². The predicted molar refractivity (Wildman–Crippen MR) is 62.3 cm³/mol. The Labute approximate surface area is 99.3 Å². The first-order chi connectivity index (χ1) is 8.24. The van der Waals surface area contributed by atoms with Crippen molar-refractivity contribution in [3.63, 3.8) is 0 Å². The molecule has 0 aromatic carbocycles. The molecule has 6 nitrogen and oxygen atoms in total. The molecule has 0 atom stereocenters. The van der Waals surface area contributed by atoms with E-state index in [1.165, 1.54) is 14.2 Å². The van der Waals surface area contributed by atoms with E-state index in [9.17, 15) is 4.79 Å². The highest BCUT2D eigenvalue weighted by Gasteiger charge is 2.25. The van der Waals surface area contributed by atoms with E-state index < -0.39 is 0 Å². The van der Waals surface area contributed by atoms with Gasteiger partial charge in [0.1, 0.15) is 5.82 Å². The van der Waals surface area contributed by atoms with Crippen molar-refractivity contribution in [3.05, 3.63) is 12.1 Å². The van der Waals surface area contributed by atoms with E-state index in [0.29, 0.717) is 17.4 Å². The highest BCUT2D eigenvalue weighted by molar-refractivity contribution is 5.92. The molecule has 1 aliphatic rings. The smallest absolute Gasteiger partial charge is 0.258 e. The second kappa shape index (κ2) is 5.01. The van der Waals surface area contributed by atoms with E-state index >= 15 is 0 Å². The molecule has 2 heterocycles. The van der Waals surface area contributed by atoms with Gasteiger partial charge in [-0.1, -0.05) is 0 Å². The molecule has 1 fully saturated rings. The van der Waals surface area contributed by atoms with Gasteiger partial charge in [0, 0.05) is 13.1 Å². The number of pyridine rings is 1. The van der Waals surface area contributed by atoms with Crippen LogP contribution in [0.15, 0.2) is 12.1 Å². The van der Waals surface area contributed by atoms with Gasteiger partial charge in [0.15, 0.2) is 5.75 Å². The average Bonchev–Trinajstić information content (AvgIpc) is 2.26. The van der Waals surface area contributed by atoms with Crippen LogP contribution >= 0.6 is 0 Å². The molecule has 0 radical (unpaired) electrons. The molecule has 17 heavy (non-hydrogen) atoms. The molecule has 1 aromatic rings. The molecule has 0 bridgehead atoms. The number of carbonyl (C=O) groups excluding carboxylic acids is 1. The Morgan fingerprint density at radius 2 is 2.18 bits per heavy atom. The standard InChI is InChI=1S/C11H15N3O3/c1-16-8-3-4-9(14-11(8)17-2)13-10(15)7-5-12-6-7/h3-4,7,12H,5-6H2,1-2H3,(H,13,14,15). The molecule has 1 aromatic heterocycles. The first-order valence-electron chi connectivity index (χ1n) is 5.35. The fourth-order valence-electron chi connectivity index (χ4n) is 1.50. The molecular weight excluding hydrogens is 222 g/mol. The van der Waals surface area contributed by atoms with E-state index in [1.807, 2.05) is 0 Å². The summed E-state index contributed by atoms with van der Waals surface area (Å²) >= 11 is 0. The number of hydrogen-bond acceptors (Lipinski definition) is 5. The summed E-state index contributed by atoms with van der Waals surface area (Å²) in [6.45, 7) is 1.44. The number of nitrogens with zero attached hydrogens (tertiary/aromatic N) is 1. The Hall–Kier alpha value is -1.82. The van der Waals surface area contributed by atoms with Crippen LogP contribution in [0.1, 0.15) is 0 Å². The highest BCUT2D eigenvalue weighted by atomic mass is 16.5. The number of nitrogens with one attached hydrogen (secondary N) is 2. The minimum absolute atomic E-state index is 0.0246. The average molecular weight is 237 g/mol. The first kappa shape index (κ1) is 11.7. The summed E-state index contributed by atoms with van der Waals surface area (Å²) in [5.41, 5.74) is 0. The maximum Gasteiger partial charge on any atom is 0.258 e. The minimum Gasteiger partial charge on any atom is -0.491 e. The molecule has 6 heteroatoms. The van der Waals surface area contributed by atoms with Gasteiger partial charge in [-0.05, 0) is 12.1 Å². The van der Waals surface area contributed by atoms with Crippen molar-refractivity contribution in [1.29, 1.82) is 0 Å². The van der Waals surface area contributed by atoms with Crippen LogP contribution in [0.3, 0.4) is 0 Å². The lowest BCUT2D eigenvalue weighted by atomic mass is 10.0. The quantitative estimate of drug-likeness (QED) is 0.785. The zero-order valence-corrected chi connectivity index (χ0v) is 9.82. The molecule has 1 saturated heterocycles. The summed E-state index contributed by atoms with van der Waals surface area (Å²) in [5.74, 6) is 1.38. The fraction of sp³-hybridized carbons (Fsp3) is 0.455. The van der Waals surface area contributed by atoms with Crippen LogP contribution in [-0.4, -0.2) is 38.2 Å². The number of ether oxygens (including phenoxy) is 2. The van der Waals surface area contributed by atoms with Gasteiger partial charge < -0.3 is 20.1 Å². The summed E-state index contributed by atoms with van der Waals surface area (Å²) in [4.78, 5) is 15.8. The van der Waals surface area contributed by atoms with Crippen molar-refractivity contribution in [1.82, 2.24) is 10.3 Å². The normalized spacial score (nSPS) is 14.9. The maximum absolute atomic E-state index is 11.7. The number of carbonyl (C=O) groups is 1. The molecule has 1 amide bonds. The van der Waals surface area contributed by atoms with Crippen LogP contribution in [-0.2, 0) is 4.79 Å². The van der Waals surface area contributed by atoms with Crippen LogP contribution in [0.5, 0.6) is 11.6 Å². The van der Waals surface area contributed by atoms with E-state index in [1.54, 1.807) is 12.1 Å². The summed E-state index contributed by atoms with van der Waals surface area (Å²) < 4.78 is 10.1. The molecule has 2 N–H and O–H groups in total. The Balaban J connectivity index is 2.07. The summed E-state index contributed by atoms with van der Waals surface area (Å²) in [6, 6.07) is 3.39. The predicted octanol–water partition coefficient (Wildman–Crippen LogP) is 0.257. The van der Waals surface area contributed by atoms with Crippen molar-refractivity contribution < 1.29 is 14.3 Å². The Bertz CT molecular complexity index is 418. The van der Waals surface area contributed by atoms with Crippen molar-refractivity contribution in [2.75, 3.05) is 32.6 Å². The lowest BCUT2D eigenvalue weighted by Gasteiger charge is -2.25. The lowest BCUT2D eigenvalue weighted by molar-refractivity contribution is -0.121. The zero-order chi connectivity index (χ0) is 12.3. The second-order valence-corrected chi connectivity index (χ2v) is 3.75. The van der Waals surface area contributed by atoms with Crippen molar-refractivity contribution >= 4 is 11.7 Å². The van der Waals surface area contributed by atoms with E-state index in [0.717, 1.165) is 13.1 Å². The lowest BCUT2D eigenvalue weighted by Crippen LogP contribution is -2.48. The fourth-order valence-corrected chi connectivity index (χ4v) is 1.50. The first-order valence-corrected chi connectivity index (χ1v) is 5.35. The Morgan fingerprint density at radius 1 is 1.41 bits per heavy atom. The summed E-state index contributed by atoms with van der Waals surface area (Å²) in [5, 5.41) is 5.79. The molecule has 0 unspecified atom stereocenters. The van der Waals surface area contributed by atoms with E-state index in [4.69, 9.17) is 9.47 Å². The van der Waals surface area contributed by atoms with Gasteiger partial charge >= 0.3 is 0 Å². The third kappa shape index (κ3) is 2.47. The van der Waals surface area contributed by atoms with E-state index in [-0.39, 0.29) is 11.8 Å². The third-order valence-corrected chi connectivity index (χ3v) is 2.64. The van der Waals surface area contributed by atoms with Gasteiger partial charge in [-0.3, -0.25) is 4.79 Å². The largest absolute Gasteiger partial charge is 0.491 e. The van der Waals surface area contributed by atoms with Gasteiger partial charge in [0.25, 0.3) is 5.88 Å². The molecular formula is C11H15N3O3. The summed E-state index contributed by atoms with van der Waals surface area (Å²) in [6.07, 6.45) is 0. The van der Waals surface area contributed by atoms with Crippen molar-refractivity contribution in [3.8, 4) is 11.6 Å². The number of methoxy groups -OCH3 is 2. The van der Waals surface area contributed by atoms with Crippen molar-refractivity contribution in [2.45, 2.75) is 0 Å². The molecule has 2 rings (SSSR count). The van der Waals surface area contributed by atoms with E-state index in [2.05, 4.69) is 15.6 Å². The number of amides is 1. The topological polar surface area (TPSA) is 72.5 Å². The van der Waals surface area contributed by atoms with Gasteiger partial charge in [0.05, 0.1) is 20.1 Å². The Morgan fingerprint density at radius 3 is 2.71 bits per heavy atom. The van der Waals surface area contributed by atoms with Gasteiger partial charge in [-0.2, -0.15) is 4.98 Å². The van der Waals surface area contributed by atoms with Crippen LogP contribution in [0.25, 0.3) is 0 Å². The number of hydrogen-bond donors (Lipinski definition) is 2. The van der Waals surface area contributed by atoms with Crippen LogP contribution in [0, 0.1) is 5.92 Å². The molecule has 1 aliphatic heterocycles. The molecule has 0 spiro atoms. The van der Waals surface area contributed by atoms with Crippen LogP contribution in [0.2, 0.25) is 0 Å². The highest BCUT2D eigenvalue weighted by Crippen LogP contribution is 2.25. The third-order valence-electron chi connectivity index (χ3n) is 2.64. The SMILES string of the molecule is COc1ccc(NC(=O)C2CNC2)nc1OC. The van der Waals surface area contributed by atoms with Crippen molar-refractivity contribution in [2.24, 2.45) is 5.92 Å². The summed E-state index contributed by atoms with van der Waals surface area (Å²) in [7, 11) is 3.05. The second-order valence-electron chi connectivity index (χ2n) is 3.75. The number of aromatic nitrogens is 1.